The third-order valence-electron chi connectivity index (χ3n) is 13.5. The summed E-state index contributed by atoms with van der Waals surface area (Å²) in [5, 5.41) is 26.4. The molecule has 436 valence electrons. The van der Waals surface area contributed by atoms with E-state index in [9.17, 15) is 53.1 Å². The summed E-state index contributed by atoms with van der Waals surface area (Å²) in [6, 6.07) is -1.33. The minimum atomic E-state index is -1.27. The van der Waals surface area contributed by atoms with Crippen LogP contribution in [0.2, 0.25) is 0 Å². The van der Waals surface area contributed by atoms with Gasteiger partial charge in [-0.2, -0.15) is 0 Å². The Hall–Kier alpha value is -6.85. The van der Waals surface area contributed by atoms with Gasteiger partial charge in [-0.1, -0.05) is 85.7 Å². The number of carbonyl (C=O) groups excluding carboxylic acids is 9. The van der Waals surface area contributed by atoms with Gasteiger partial charge in [0.1, 0.15) is 48.3 Å². The molecule has 0 bridgehead atoms. The van der Waals surface area contributed by atoms with Crippen LogP contribution in [-0.2, 0) is 54.4 Å². The number of amides is 9. The van der Waals surface area contributed by atoms with Crippen LogP contribution in [0.4, 0.5) is 0 Å². The third-order valence-corrected chi connectivity index (χ3v) is 13.5. The summed E-state index contributed by atoms with van der Waals surface area (Å²) in [7, 11) is 0. The Morgan fingerprint density at radius 3 is 1.47 bits per heavy atom. The van der Waals surface area contributed by atoms with Gasteiger partial charge in [0, 0.05) is 32.5 Å². The van der Waals surface area contributed by atoms with Crippen LogP contribution in [0.5, 0.6) is 0 Å². The van der Waals surface area contributed by atoms with Crippen molar-refractivity contribution in [3.63, 3.8) is 0 Å². The Balaban J connectivity index is 1.91. The molecule has 24 heteroatoms. The highest BCUT2D eigenvalue weighted by atomic mass is 16.4. The van der Waals surface area contributed by atoms with Gasteiger partial charge in [-0.15, -0.1) is 0 Å². The molecule has 0 spiro atoms. The van der Waals surface area contributed by atoms with E-state index >= 15 is 0 Å². The number of guanidine groups is 1. The topological polar surface area (TPSA) is 386 Å². The Kier molecular flexibility index (Phi) is 27.0. The van der Waals surface area contributed by atoms with Gasteiger partial charge in [0.2, 0.25) is 53.2 Å². The summed E-state index contributed by atoms with van der Waals surface area (Å²) >= 11 is 0. The lowest BCUT2D eigenvalue weighted by Crippen LogP contribution is -2.60. The quantitative estimate of drug-likeness (QED) is 0.0258. The van der Waals surface area contributed by atoms with Gasteiger partial charge in [-0.25, -0.2) is 4.79 Å². The first-order valence-electron chi connectivity index (χ1n) is 27.5. The maximum Gasteiger partial charge on any atom is 0.326 e. The first-order chi connectivity index (χ1) is 36.7. The highest BCUT2D eigenvalue weighted by Gasteiger charge is 2.42. The zero-order valence-corrected chi connectivity index (χ0v) is 46.9. The second-order valence-corrected chi connectivity index (χ2v) is 22.4. The summed E-state index contributed by atoms with van der Waals surface area (Å²) < 4.78 is 0. The minimum absolute atomic E-state index is 0.00552. The molecule has 0 radical (unpaired) electrons. The number of primary amides is 1. The van der Waals surface area contributed by atoms with Crippen LogP contribution >= 0.6 is 0 Å². The molecule has 2 aliphatic heterocycles. The molecule has 78 heavy (non-hydrogen) atoms. The van der Waals surface area contributed by atoms with Crippen LogP contribution in [0.25, 0.3) is 0 Å². The van der Waals surface area contributed by atoms with E-state index in [-0.39, 0.29) is 120 Å². The molecule has 3 rings (SSSR count). The number of nitrogens with two attached hydrogens (primary N) is 4. The van der Waals surface area contributed by atoms with Gasteiger partial charge in [0.05, 0.1) is 6.04 Å². The second-order valence-electron chi connectivity index (χ2n) is 22.4. The van der Waals surface area contributed by atoms with Gasteiger partial charge in [0.25, 0.3) is 0 Å². The van der Waals surface area contributed by atoms with E-state index in [0.29, 0.717) is 18.4 Å². The van der Waals surface area contributed by atoms with Crippen LogP contribution in [0, 0.1) is 23.7 Å². The van der Waals surface area contributed by atoms with Gasteiger partial charge in [0.15, 0.2) is 5.96 Å². The van der Waals surface area contributed by atoms with Crippen molar-refractivity contribution in [1.82, 2.24) is 41.7 Å². The third kappa shape index (κ3) is 21.9. The lowest BCUT2D eigenvalue weighted by atomic mass is 9.99. The molecule has 24 nitrogen and oxygen atoms in total. The molecule has 0 unspecified atom stereocenters. The number of nitrogens with zero attached hydrogens (tertiary/aromatic N) is 3. The maximum absolute atomic E-state index is 14.8. The predicted octanol–water partition coefficient (Wildman–Crippen LogP) is 0.0353. The van der Waals surface area contributed by atoms with Crippen molar-refractivity contribution in [1.29, 1.82) is 0 Å². The molecular weight excluding hydrogens is 1010 g/mol. The van der Waals surface area contributed by atoms with Crippen molar-refractivity contribution in [3.05, 3.63) is 35.9 Å². The van der Waals surface area contributed by atoms with Crippen molar-refractivity contribution >= 4 is 65.1 Å². The highest BCUT2D eigenvalue weighted by molar-refractivity contribution is 5.98. The Labute approximate surface area is 458 Å². The largest absolute Gasteiger partial charge is 0.480 e. The SMILES string of the molecule is CC(C)C[C@H](NC(=O)[C@H](CC(C)C)NC(=O)[C@@H]1CCCN1C(=O)[C@H](Cc1ccccc1)NC(=O)[C@H](CC(C)C)NC(=O)[C@H](CCCN=C(N)N)NC(=O)[C@@H]1CCCN1C(=O)[C@H](CC(C)C)NC(=O)[C@@H](N)CCC(N)=O)C(=O)O. The van der Waals surface area contributed by atoms with Gasteiger partial charge >= 0.3 is 5.97 Å². The molecule has 2 fully saturated rings. The fraction of sp³-hybridized carbons (Fsp3) is 0.685. The van der Waals surface area contributed by atoms with Crippen molar-refractivity contribution in [2.24, 2.45) is 51.6 Å². The highest BCUT2D eigenvalue weighted by Crippen LogP contribution is 2.23. The van der Waals surface area contributed by atoms with Crippen LogP contribution < -0.4 is 54.8 Å². The number of carboxylic acid groups (broad SMARTS) is 1. The Bertz CT molecular complexity index is 2240. The molecule has 2 saturated heterocycles. The fourth-order valence-electron chi connectivity index (χ4n) is 9.68. The number of hydrogen-bond donors (Lipinski definition) is 11. The van der Waals surface area contributed by atoms with E-state index in [1.807, 2.05) is 55.4 Å². The lowest BCUT2D eigenvalue weighted by molar-refractivity contribution is -0.144. The molecule has 9 amide bonds. The number of carboxylic acids is 1. The van der Waals surface area contributed by atoms with E-state index in [1.54, 1.807) is 30.3 Å². The van der Waals surface area contributed by atoms with E-state index < -0.39 is 114 Å². The first-order valence-corrected chi connectivity index (χ1v) is 27.5. The fourth-order valence-corrected chi connectivity index (χ4v) is 9.68. The minimum Gasteiger partial charge on any atom is -0.480 e. The predicted molar refractivity (Wildman–Crippen MR) is 293 cm³/mol. The normalized spacial score (nSPS) is 18.0. The van der Waals surface area contributed by atoms with Crippen LogP contribution in [0.15, 0.2) is 35.3 Å². The van der Waals surface area contributed by atoms with Crippen molar-refractivity contribution < 1.29 is 53.1 Å². The van der Waals surface area contributed by atoms with Crippen LogP contribution in [-0.4, -0.2) is 154 Å². The Morgan fingerprint density at radius 2 is 0.987 bits per heavy atom. The van der Waals surface area contributed by atoms with Crippen LogP contribution in [0.3, 0.4) is 0 Å². The average molecular weight is 1100 g/mol. The number of hydrogen-bond acceptors (Lipinski definition) is 12. The smallest absolute Gasteiger partial charge is 0.326 e. The summed E-state index contributed by atoms with van der Waals surface area (Å²) in [5.41, 5.74) is 23.1. The molecule has 9 atom stereocenters. The number of aliphatic carboxylic acids is 1. The maximum atomic E-state index is 14.8. The molecule has 2 heterocycles. The number of likely N-dealkylation sites (tertiary alicyclic amines) is 2. The van der Waals surface area contributed by atoms with Crippen molar-refractivity contribution in [2.75, 3.05) is 19.6 Å². The molecule has 2 aliphatic rings. The summed E-state index contributed by atoms with van der Waals surface area (Å²) in [6.07, 6.45) is 2.13. The first kappa shape index (κ1) is 65.4. The zero-order valence-electron chi connectivity index (χ0n) is 46.9. The number of carbonyl (C=O) groups is 10. The Morgan fingerprint density at radius 1 is 0.564 bits per heavy atom. The van der Waals surface area contributed by atoms with Crippen molar-refractivity contribution in [2.45, 2.75) is 193 Å². The molecule has 0 aromatic heterocycles. The van der Waals surface area contributed by atoms with Gasteiger partial charge < -0.3 is 69.7 Å². The second kappa shape index (κ2) is 32.1. The van der Waals surface area contributed by atoms with E-state index in [1.165, 1.54) is 9.80 Å². The summed E-state index contributed by atoms with van der Waals surface area (Å²) in [6.45, 7) is 15.2. The number of nitrogens with one attached hydrogen (secondary N) is 6. The molecule has 1 aromatic carbocycles. The van der Waals surface area contributed by atoms with Gasteiger partial charge in [-0.3, -0.25) is 48.1 Å². The number of rotatable bonds is 32. The van der Waals surface area contributed by atoms with E-state index in [4.69, 9.17) is 22.9 Å². The molecule has 0 aliphatic carbocycles. The standard InChI is InChI=1S/C54H89N13O11/c1-30(2)25-37(61-46(70)36(17-12-22-59-54(57)58)60-49(73)42-18-13-23-66(42)51(75)39(27-32(5)6)63-45(69)35(55)20-21-44(56)68)47(71)64-40(29-34-15-10-9-11-16-34)52(76)67-24-14-19-43(67)50(74)62-38(26-31(3)4)48(72)65-41(53(77)78)28-33(7)8/h9-11,15-16,30-33,35-43H,12-14,17-29,55H2,1-8H3,(H2,56,68)(H,60,73)(H,61,70)(H,62,74)(H,63,69)(H,64,71)(H,65,72)(H,77,78)(H4,57,58,59)/t35-,36-,37-,38-,39-,40-,41-,42-,43-/m0/s1. The molecule has 0 saturated carbocycles. The average Bonchev–Trinajstić information content (AvgIpc) is 4.06. The molecule has 1 aromatic rings. The lowest BCUT2D eigenvalue weighted by Gasteiger charge is -2.32. The summed E-state index contributed by atoms with van der Waals surface area (Å²) in [4.78, 5) is 143. The monoisotopic (exact) mass is 1100 g/mol. The molecular formula is C54H89N13O11. The molecule has 15 N–H and O–H groups in total. The summed E-state index contributed by atoms with van der Waals surface area (Å²) in [5.74, 6) is -7.48. The van der Waals surface area contributed by atoms with E-state index in [0.717, 1.165) is 0 Å². The van der Waals surface area contributed by atoms with Crippen molar-refractivity contribution in [3.8, 4) is 0 Å². The zero-order chi connectivity index (χ0) is 58.4. The van der Waals surface area contributed by atoms with Gasteiger partial charge in [-0.05, 0) is 99.9 Å². The number of benzene rings is 1. The van der Waals surface area contributed by atoms with E-state index in [2.05, 4.69) is 36.9 Å². The van der Waals surface area contributed by atoms with Crippen LogP contribution in [0.1, 0.15) is 138 Å². The number of aliphatic imine (C=N–C) groups is 1.